The van der Waals surface area contributed by atoms with Gasteiger partial charge in [0.1, 0.15) is 12.3 Å². The Morgan fingerprint density at radius 1 is 1.56 bits per heavy atom. The number of nitrogens with one attached hydrogen (secondary N) is 1. The average molecular weight is 226 g/mol. The van der Waals surface area contributed by atoms with Crippen molar-refractivity contribution in [3.8, 4) is 0 Å². The SMILES string of the molecule is CC1=NC(C(=O)NOCC(C)(C)O)=C(C)C1. The van der Waals surface area contributed by atoms with Crippen LogP contribution in [0.3, 0.4) is 0 Å². The molecule has 0 aromatic carbocycles. The zero-order chi connectivity index (χ0) is 12.3. The summed E-state index contributed by atoms with van der Waals surface area (Å²) in [6.45, 7) is 6.98. The highest BCUT2D eigenvalue weighted by Gasteiger charge is 2.19. The molecule has 2 N–H and O–H groups in total. The molecule has 0 aliphatic carbocycles. The Kier molecular flexibility index (Phi) is 3.83. The highest BCUT2D eigenvalue weighted by Crippen LogP contribution is 2.18. The summed E-state index contributed by atoms with van der Waals surface area (Å²) in [7, 11) is 0. The van der Waals surface area contributed by atoms with Gasteiger partial charge in [-0.15, -0.1) is 0 Å². The lowest BCUT2D eigenvalue weighted by atomic mass is 10.1. The van der Waals surface area contributed by atoms with Crippen LogP contribution >= 0.6 is 0 Å². The highest BCUT2D eigenvalue weighted by molar-refractivity contribution is 6.01. The number of carbonyl (C=O) groups excluding carboxylic acids is 1. The van der Waals surface area contributed by atoms with E-state index in [1.807, 2.05) is 13.8 Å². The molecule has 90 valence electrons. The van der Waals surface area contributed by atoms with E-state index in [1.54, 1.807) is 13.8 Å². The first-order valence-electron chi connectivity index (χ1n) is 5.18. The molecule has 16 heavy (non-hydrogen) atoms. The largest absolute Gasteiger partial charge is 0.388 e. The molecule has 0 bridgehead atoms. The molecular formula is C11H18N2O3. The second-order valence-corrected chi connectivity index (χ2v) is 4.69. The van der Waals surface area contributed by atoms with Crippen LogP contribution in [0.15, 0.2) is 16.3 Å². The number of nitrogens with zero attached hydrogens (tertiary/aromatic N) is 1. The Morgan fingerprint density at radius 2 is 2.19 bits per heavy atom. The fourth-order valence-electron chi connectivity index (χ4n) is 1.36. The molecule has 0 unspecified atom stereocenters. The van der Waals surface area contributed by atoms with Gasteiger partial charge in [0.2, 0.25) is 0 Å². The highest BCUT2D eigenvalue weighted by atomic mass is 16.7. The van der Waals surface area contributed by atoms with E-state index in [2.05, 4.69) is 10.5 Å². The summed E-state index contributed by atoms with van der Waals surface area (Å²) >= 11 is 0. The van der Waals surface area contributed by atoms with Crippen LogP contribution < -0.4 is 5.48 Å². The van der Waals surface area contributed by atoms with Crippen LogP contribution in [0.5, 0.6) is 0 Å². The summed E-state index contributed by atoms with van der Waals surface area (Å²) in [5.74, 6) is -0.362. The maximum atomic E-state index is 11.6. The number of carbonyl (C=O) groups is 1. The Bertz CT molecular complexity index is 351. The van der Waals surface area contributed by atoms with E-state index in [-0.39, 0.29) is 12.5 Å². The van der Waals surface area contributed by atoms with E-state index in [1.165, 1.54) is 0 Å². The van der Waals surface area contributed by atoms with Gasteiger partial charge in [-0.2, -0.15) is 0 Å². The Morgan fingerprint density at radius 3 is 2.62 bits per heavy atom. The van der Waals surface area contributed by atoms with Gasteiger partial charge in [0.15, 0.2) is 0 Å². The molecule has 0 atom stereocenters. The molecule has 0 saturated carbocycles. The summed E-state index contributed by atoms with van der Waals surface area (Å²) in [5.41, 5.74) is 3.57. The zero-order valence-electron chi connectivity index (χ0n) is 10.1. The van der Waals surface area contributed by atoms with E-state index >= 15 is 0 Å². The predicted octanol–water partition coefficient (Wildman–Crippen LogP) is 0.944. The number of aliphatic hydroxyl groups is 1. The predicted molar refractivity (Wildman–Crippen MR) is 60.8 cm³/mol. The van der Waals surface area contributed by atoms with E-state index < -0.39 is 5.60 Å². The summed E-state index contributed by atoms with van der Waals surface area (Å²) in [5, 5.41) is 9.37. The Balaban J connectivity index is 2.45. The Hall–Kier alpha value is -1.20. The van der Waals surface area contributed by atoms with Crippen molar-refractivity contribution in [2.24, 2.45) is 4.99 Å². The van der Waals surface area contributed by atoms with Crippen molar-refractivity contribution < 1.29 is 14.7 Å². The van der Waals surface area contributed by atoms with Crippen LogP contribution in [-0.4, -0.2) is 28.9 Å². The number of hydrogen-bond acceptors (Lipinski definition) is 4. The van der Waals surface area contributed by atoms with Gasteiger partial charge in [0, 0.05) is 12.1 Å². The minimum absolute atomic E-state index is 0.0355. The lowest BCUT2D eigenvalue weighted by Crippen LogP contribution is -2.33. The van der Waals surface area contributed by atoms with Crippen molar-refractivity contribution >= 4 is 11.6 Å². The molecule has 1 rings (SSSR count). The van der Waals surface area contributed by atoms with E-state index in [4.69, 9.17) is 4.84 Å². The van der Waals surface area contributed by atoms with Gasteiger partial charge in [-0.1, -0.05) is 0 Å². The van der Waals surface area contributed by atoms with Gasteiger partial charge in [0.25, 0.3) is 5.91 Å². The molecule has 5 heteroatoms. The molecule has 0 aromatic heterocycles. The van der Waals surface area contributed by atoms with Crippen molar-refractivity contribution in [2.75, 3.05) is 6.61 Å². The molecule has 1 aliphatic heterocycles. The third-order valence-corrected chi connectivity index (χ3v) is 2.03. The lowest BCUT2D eigenvalue weighted by Gasteiger charge is -2.16. The molecule has 0 aromatic rings. The maximum Gasteiger partial charge on any atom is 0.293 e. The van der Waals surface area contributed by atoms with Crippen molar-refractivity contribution in [2.45, 2.75) is 39.7 Å². The third kappa shape index (κ3) is 3.75. The van der Waals surface area contributed by atoms with Gasteiger partial charge in [-0.3, -0.25) is 14.6 Å². The van der Waals surface area contributed by atoms with Crippen molar-refractivity contribution in [3.05, 3.63) is 11.3 Å². The number of amides is 1. The normalized spacial score (nSPS) is 16.4. The minimum atomic E-state index is -0.967. The number of hydrogen-bond donors (Lipinski definition) is 2. The molecule has 1 aliphatic rings. The molecule has 5 nitrogen and oxygen atoms in total. The van der Waals surface area contributed by atoms with Gasteiger partial charge in [-0.05, 0) is 33.3 Å². The first-order valence-corrected chi connectivity index (χ1v) is 5.18. The van der Waals surface area contributed by atoms with Crippen molar-refractivity contribution in [1.82, 2.24) is 5.48 Å². The van der Waals surface area contributed by atoms with Crippen LogP contribution in [0.4, 0.5) is 0 Å². The standard InChI is InChI=1S/C11H18N2O3/c1-7-5-8(2)12-9(7)10(14)13-16-6-11(3,4)15/h15H,5-6H2,1-4H3,(H,13,14). The van der Waals surface area contributed by atoms with Gasteiger partial charge in [0.05, 0.1) is 5.60 Å². The molecule has 1 amide bonds. The van der Waals surface area contributed by atoms with Crippen molar-refractivity contribution in [1.29, 1.82) is 0 Å². The van der Waals surface area contributed by atoms with E-state index in [9.17, 15) is 9.90 Å². The lowest BCUT2D eigenvalue weighted by molar-refractivity contribution is -0.135. The van der Waals surface area contributed by atoms with E-state index in [0.717, 1.165) is 17.7 Å². The zero-order valence-corrected chi connectivity index (χ0v) is 10.1. The molecule has 0 saturated heterocycles. The fourth-order valence-corrected chi connectivity index (χ4v) is 1.36. The number of rotatable bonds is 4. The quantitative estimate of drug-likeness (QED) is 0.701. The van der Waals surface area contributed by atoms with Crippen LogP contribution in [0.2, 0.25) is 0 Å². The summed E-state index contributed by atoms with van der Waals surface area (Å²) in [4.78, 5) is 20.6. The molecule has 0 spiro atoms. The van der Waals surface area contributed by atoms with Crippen LogP contribution in [0.25, 0.3) is 0 Å². The molecule has 0 radical (unpaired) electrons. The fraction of sp³-hybridized carbons (Fsp3) is 0.636. The van der Waals surface area contributed by atoms with Crippen LogP contribution in [0.1, 0.15) is 34.1 Å². The van der Waals surface area contributed by atoms with Crippen LogP contribution in [-0.2, 0) is 9.63 Å². The van der Waals surface area contributed by atoms with Gasteiger partial charge >= 0.3 is 0 Å². The second kappa shape index (κ2) is 4.76. The smallest absolute Gasteiger partial charge is 0.293 e. The molecule has 0 fully saturated rings. The first-order chi connectivity index (χ1) is 7.29. The summed E-state index contributed by atoms with van der Waals surface area (Å²) < 4.78 is 0. The number of aliphatic imine (C=N–C) groups is 1. The van der Waals surface area contributed by atoms with Gasteiger partial charge < -0.3 is 5.11 Å². The monoisotopic (exact) mass is 226 g/mol. The summed E-state index contributed by atoms with van der Waals surface area (Å²) in [6.07, 6.45) is 0.730. The average Bonchev–Trinajstić information content (AvgIpc) is 2.43. The molecular weight excluding hydrogens is 208 g/mol. The number of hydroxylamine groups is 1. The summed E-state index contributed by atoms with van der Waals surface area (Å²) in [6, 6.07) is 0. The second-order valence-electron chi connectivity index (χ2n) is 4.69. The maximum absolute atomic E-state index is 11.6. The molecule has 1 heterocycles. The van der Waals surface area contributed by atoms with Crippen molar-refractivity contribution in [3.63, 3.8) is 0 Å². The number of allylic oxidation sites excluding steroid dienone is 1. The van der Waals surface area contributed by atoms with Gasteiger partial charge in [-0.25, -0.2) is 5.48 Å². The van der Waals surface area contributed by atoms with E-state index in [0.29, 0.717) is 5.70 Å². The third-order valence-electron chi connectivity index (χ3n) is 2.03. The topological polar surface area (TPSA) is 70.9 Å². The van der Waals surface area contributed by atoms with Crippen LogP contribution in [0, 0.1) is 0 Å². The Labute approximate surface area is 95.2 Å². The first kappa shape index (κ1) is 12.9. The minimum Gasteiger partial charge on any atom is -0.388 e.